The second kappa shape index (κ2) is 5.82. The number of hydrogen-bond acceptors (Lipinski definition) is 3. The number of rotatable bonds is 2. The number of nitrogens with zero attached hydrogens (tertiary/aromatic N) is 1. The molecule has 1 spiro atoms. The van der Waals surface area contributed by atoms with Crippen molar-refractivity contribution in [3.8, 4) is 0 Å². The van der Waals surface area contributed by atoms with E-state index in [0.29, 0.717) is 0 Å². The van der Waals surface area contributed by atoms with Crippen LogP contribution in [0.3, 0.4) is 0 Å². The van der Waals surface area contributed by atoms with Gasteiger partial charge in [-0.3, -0.25) is 0 Å². The topological polar surface area (TPSA) is 24.5 Å². The molecule has 21 heavy (non-hydrogen) atoms. The van der Waals surface area contributed by atoms with Gasteiger partial charge in [-0.25, -0.2) is 0 Å². The molecule has 3 atom stereocenters. The van der Waals surface area contributed by atoms with Crippen molar-refractivity contribution in [2.75, 3.05) is 13.7 Å². The number of piperidine rings is 1. The van der Waals surface area contributed by atoms with Crippen LogP contribution in [-0.2, 0) is 4.74 Å². The molecule has 3 saturated heterocycles. The lowest BCUT2D eigenvalue weighted by molar-refractivity contribution is -0.126. The molecule has 3 unspecified atom stereocenters. The van der Waals surface area contributed by atoms with Gasteiger partial charge in [0.2, 0.25) is 0 Å². The van der Waals surface area contributed by atoms with Crippen LogP contribution in [0.25, 0.3) is 0 Å². The standard InChI is InChI=1S/C18H32N2O/c1-20(17-11-14-5-6-15(12-17)19-14)16-7-10-21-18(13-16)8-3-2-4-9-18/h14-17,19H,2-13H2,1H3. The van der Waals surface area contributed by atoms with Crippen molar-refractivity contribution in [1.82, 2.24) is 10.2 Å². The molecule has 0 aromatic heterocycles. The highest BCUT2D eigenvalue weighted by Crippen LogP contribution is 2.41. The molecular formula is C18H32N2O. The second-order valence-electron chi connectivity index (χ2n) is 8.17. The maximum atomic E-state index is 6.29. The van der Waals surface area contributed by atoms with Crippen molar-refractivity contribution < 1.29 is 4.74 Å². The fourth-order valence-electron chi connectivity index (χ4n) is 5.55. The van der Waals surface area contributed by atoms with E-state index in [9.17, 15) is 0 Å². The summed E-state index contributed by atoms with van der Waals surface area (Å²) in [7, 11) is 2.40. The summed E-state index contributed by atoms with van der Waals surface area (Å²) in [4.78, 5) is 2.75. The lowest BCUT2D eigenvalue weighted by Gasteiger charge is -2.48. The van der Waals surface area contributed by atoms with Crippen molar-refractivity contribution in [2.45, 2.75) is 100 Å². The number of ether oxygens (including phenoxy) is 1. The molecule has 3 heteroatoms. The van der Waals surface area contributed by atoms with E-state index in [-0.39, 0.29) is 5.60 Å². The zero-order valence-corrected chi connectivity index (χ0v) is 13.7. The fourth-order valence-corrected chi connectivity index (χ4v) is 5.55. The zero-order valence-electron chi connectivity index (χ0n) is 13.7. The van der Waals surface area contributed by atoms with Gasteiger partial charge in [0.25, 0.3) is 0 Å². The smallest absolute Gasteiger partial charge is 0.0697 e. The number of nitrogens with one attached hydrogen (secondary N) is 1. The van der Waals surface area contributed by atoms with Crippen LogP contribution in [0.2, 0.25) is 0 Å². The molecule has 3 heterocycles. The van der Waals surface area contributed by atoms with E-state index in [4.69, 9.17) is 4.74 Å². The molecule has 1 aliphatic carbocycles. The van der Waals surface area contributed by atoms with E-state index in [1.165, 1.54) is 70.6 Å². The van der Waals surface area contributed by atoms with Crippen LogP contribution in [0, 0.1) is 0 Å². The van der Waals surface area contributed by atoms with E-state index < -0.39 is 0 Å². The maximum absolute atomic E-state index is 6.29. The summed E-state index contributed by atoms with van der Waals surface area (Å²) in [5.74, 6) is 0. The van der Waals surface area contributed by atoms with Crippen LogP contribution < -0.4 is 5.32 Å². The minimum Gasteiger partial charge on any atom is -0.375 e. The Hall–Kier alpha value is -0.120. The van der Waals surface area contributed by atoms with E-state index in [1.807, 2.05) is 0 Å². The normalized spacial score (nSPS) is 42.6. The van der Waals surface area contributed by atoms with Gasteiger partial charge in [0, 0.05) is 30.8 Å². The number of fused-ring (bicyclic) bond motifs is 2. The first kappa shape index (κ1) is 14.5. The van der Waals surface area contributed by atoms with E-state index in [1.54, 1.807) is 0 Å². The van der Waals surface area contributed by atoms with Crippen molar-refractivity contribution in [1.29, 1.82) is 0 Å². The SMILES string of the molecule is CN(C1CC2CCC(C1)N2)C1CCOC2(CCCCC2)C1. The van der Waals surface area contributed by atoms with Crippen molar-refractivity contribution in [3.63, 3.8) is 0 Å². The first-order valence-electron chi connectivity index (χ1n) is 9.36. The molecule has 4 fully saturated rings. The average molecular weight is 292 g/mol. The van der Waals surface area contributed by atoms with E-state index in [2.05, 4.69) is 17.3 Å². The first-order chi connectivity index (χ1) is 10.2. The second-order valence-corrected chi connectivity index (χ2v) is 8.17. The Labute approximate surface area is 129 Å². The minimum absolute atomic E-state index is 0.251. The predicted molar refractivity (Wildman–Crippen MR) is 85.5 cm³/mol. The average Bonchev–Trinajstić information content (AvgIpc) is 2.85. The Morgan fingerprint density at radius 2 is 1.67 bits per heavy atom. The molecule has 4 rings (SSSR count). The summed E-state index contributed by atoms with van der Waals surface area (Å²) in [5.41, 5.74) is 0.251. The van der Waals surface area contributed by atoms with Gasteiger partial charge in [0.15, 0.2) is 0 Å². The highest BCUT2D eigenvalue weighted by atomic mass is 16.5. The van der Waals surface area contributed by atoms with Crippen LogP contribution in [-0.4, -0.2) is 48.3 Å². The Morgan fingerprint density at radius 3 is 2.38 bits per heavy atom. The van der Waals surface area contributed by atoms with Crippen molar-refractivity contribution in [2.24, 2.45) is 0 Å². The fraction of sp³-hybridized carbons (Fsp3) is 1.00. The van der Waals surface area contributed by atoms with Gasteiger partial charge in [0.1, 0.15) is 0 Å². The summed E-state index contributed by atoms with van der Waals surface area (Å²) in [6.07, 6.45) is 14.9. The molecule has 120 valence electrons. The maximum Gasteiger partial charge on any atom is 0.0697 e. The lowest BCUT2D eigenvalue weighted by Crippen LogP contribution is -2.54. The van der Waals surface area contributed by atoms with Gasteiger partial charge < -0.3 is 15.0 Å². The third-order valence-electron chi connectivity index (χ3n) is 6.83. The van der Waals surface area contributed by atoms with Gasteiger partial charge in [0.05, 0.1) is 5.60 Å². The monoisotopic (exact) mass is 292 g/mol. The molecule has 0 radical (unpaired) electrons. The van der Waals surface area contributed by atoms with E-state index >= 15 is 0 Å². The molecule has 1 saturated carbocycles. The van der Waals surface area contributed by atoms with E-state index in [0.717, 1.165) is 30.8 Å². The highest BCUT2D eigenvalue weighted by Gasteiger charge is 2.42. The summed E-state index contributed by atoms with van der Waals surface area (Å²) in [6.45, 7) is 0.993. The summed E-state index contributed by atoms with van der Waals surface area (Å²) in [5, 5.41) is 3.78. The van der Waals surface area contributed by atoms with Crippen LogP contribution in [0.1, 0.15) is 70.6 Å². The van der Waals surface area contributed by atoms with Gasteiger partial charge >= 0.3 is 0 Å². The Bertz CT molecular complexity index is 349. The van der Waals surface area contributed by atoms with Gasteiger partial charge in [-0.2, -0.15) is 0 Å². The third-order valence-corrected chi connectivity index (χ3v) is 6.83. The van der Waals surface area contributed by atoms with Crippen LogP contribution >= 0.6 is 0 Å². The number of hydrogen-bond donors (Lipinski definition) is 1. The lowest BCUT2D eigenvalue weighted by atomic mass is 9.77. The molecule has 0 aromatic carbocycles. The first-order valence-corrected chi connectivity index (χ1v) is 9.36. The highest BCUT2D eigenvalue weighted by molar-refractivity contribution is 4.98. The van der Waals surface area contributed by atoms with Crippen molar-refractivity contribution >= 4 is 0 Å². The molecule has 0 aromatic rings. The van der Waals surface area contributed by atoms with Crippen molar-refractivity contribution in [3.05, 3.63) is 0 Å². The molecule has 3 nitrogen and oxygen atoms in total. The molecule has 4 aliphatic rings. The Kier molecular flexibility index (Phi) is 4.01. The Morgan fingerprint density at radius 1 is 0.952 bits per heavy atom. The largest absolute Gasteiger partial charge is 0.375 e. The predicted octanol–water partition coefficient (Wildman–Crippen LogP) is 3.08. The molecule has 1 N–H and O–H groups in total. The molecule has 2 bridgehead atoms. The zero-order chi connectivity index (χ0) is 14.3. The van der Waals surface area contributed by atoms with Crippen LogP contribution in [0.15, 0.2) is 0 Å². The van der Waals surface area contributed by atoms with Gasteiger partial charge in [-0.1, -0.05) is 19.3 Å². The van der Waals surface area contributed by atoms with Gasteiger partial charge in [-0.05, 0) is 58.4 Å². The van der Waals surface area contributed by atoms with Gasteiger partial charge in [-0.15, -0.1) is 0 Å². The summed E-state index contributed by atoms with van der Waals surface area (Å²) >= 11 is 0. The molecular weight excluding hydrogens is 260 g/mol. The minimum atomic E-state index is 0.251. The summed E-state index contributed by atoms with van der Waals surface area (Å²) < 4.78 is 6.29. The van der Waals surface area contributed by atoms with Crippen LogP contribution in [0.5, 0.6) is 0 Å². The molecule has 0 amide bonds. The Balaban J connectivity index is 1.40. The quantitative estimate of drug-likeness (QED) is 0.846. The summed E-state index contributed by atoms with van der Waals surface area (Å²) in [6, 6.07) is 3.19. The van der Waals surface area contributed by atoms with Crippen LogP contribution in [0.4, 0.5) is 0 Å². The third kappa shape index (κ3) is 2.89. The molecule has 3 aliphatic heterocycles.